The summed E-state index contributed by atoms with van der Waals surface area (Å²) in [6, 6.07) is 0.308. The second-order valence-electron chi connectivity index (χ2n) is 4.82. The number of carbonyl (C=O) groups is 1. The highest BCUT2D eigenvalue weighted by atomic mass is 35.5. The fourth-order valence-electron chi connectivity index (χ4n) is 2.17. The van der Waals surface area contributed by atoms with Gasteiger partial charge in [-0.05, 0) is 18.8 Å². The molecule has 1 heterocycles. The first-order valence-corrected chi connectivity index (χ1v) is 6.16. The summed E-state index contributed by atoms with van der Waals surface area (Å²) < 4.78 is 0. The van der Waals surface area contributed by atoms with E-state index in [2.05, 4.69) is 13.8 Å². The lowest BCUT2D eigenvalue weighted by Gasteiger charge is -2.31. The first kappa shape index (κ1) is 15.7. The zero-order valence-corrected chi connectivity index (χ0v) is 11.3. The number of hydrogen-bond acceptors (Lipinski definition) is 2. The molecule has 1 unspecified atom stereocenters. The number of hydrogen-bond donors (Lipinski definition) is 1. The Labute approximate surface area is 105 Å². The van der Waals surface area contributed by atoms with E-state index in [0.717, 1.165) is 32.4 Å². The molecule has 16 heavy (non-hydrogen) atoms. The Morgan fingerprint density at radius 3 is 2.50 bits per heavy atom. The van der Waals surface area contributed by atoms with Crippen molar-refractivity contribution in [2.45, 2.75) is 52.0 Å². The minimum atomic E-state index is 0. The Morgan fingerprint density at radius 2 is 2.00 bits per heavy atom. The van der Waals surface area contributed by atoms with Gasteiger partial charge in [0.05, 0.1) is 0 Å². The molecule has 0 aliphatic carbocycles. The van der Waals surface area contributed by atoms with Crippen LogP contribution in [0.5, 0.6) is 0 Å². The summed E-state index contributed by atoms with van der Waals surface area (Å²) in [5.74, 6) is 0.848. The van der Waals surface area contributed by atoms with Crippen LogP contribution in [-0.4, -0.2) is 29.9 Å². The molecule has 0 bridgehead atoms. The number of nitrogens with zero attached hydrogens (tertiary/aromatic N) is 1. The quantitative estimate of drug-likeness (QED) is 0.829. The van der Waals surface area contributed by atoms with Crippen LogP contribution < -0.4 is 5.73 Å². The topological polar surface area (TPSA) is 46.3 Å². The lowest BCUT2D eigenvalue weighted by molar-refractivity contribution is -0.133. The van der Waals surface area contributed by atoms with Gasteiger partial charge in [-0.25, -0.2) is 0 Å². The van der Waals surface area contributed by atoms with Crippen molar-refractivity contribution in [3.05, 3.63) is 0 Å². The number of piperidine rings is 1. The van der Waals surface area contributed by atoms with Crippen LogP contribution >= 0.6 is 12.4 Å². The first-order chi connectivity index (χ1) is 7.13. The highest BCUT2D eigenvalue weighted by Crippen LogP contribution is 2.15. The van der Waals surface area contributed by atoms with E-state index in [1.54, 1.807) is 0 Å². The molecule has 2 N–H and O–H groups in total. The van der Waals surface area contributed by atoms with Crippen molar-refractivity contribution < 1.29 is 4.79 Å². The van der Waals surface area contributed by atoms with Crippen molar-refractivity contribution in [3.8, 4) is 0 Å². The predicted molar refractivity (Wildman–Crippen MR) is 69.7 cm³/mol. The average molecular weight is 249 g/mol. The Bertz CT molecular complexity index is 203. The molecule has 1 aliphatic heterocycles. The maximum absolute atomic E-state index is 11.9. The smallest absolute Gasteiger partial charge is 0.222 e. The molecule has 0 aromatic rings. The van der Waals surface area contributed by atoms with Gasteiger partial charge in [0.15, 0.2) is 0 Å². The number of likely N-dealkylation sites (tertiary alicyclic amines) is 1. The van der Waals surface area contributed by atoms with Crippen molar-refractivity contribution in [2.75, 3.05) is 13.1 Å². The van der Waals surface area contributed by atoms with Crippen molar-refractivity contribution >= 4 is 18.3 Å². The predicted octanol–water partition coefficient (Wildman–Crippen LogP) is 2.18. The molecule has 1 atom stereocenters. The Kier molecular flexibility index (Phi) is 7.77. The molecule has 3 nitrogen and oxygen atoms in total. The van der Waals surface area contributed by atoms with Gasteiger partial charge in [-0.15, -0.1) is 12.4 Å². The third-order valence-electron chi connectivity index (χ3n) is 3.20. The second-order valence-corrected chi connectivity index (χ2v) is 4.82. The van der Waals surface area contributed by atoms with Gasteiger partial charge in [0.2, 0.25) is 5.91 Å². The molecule has 1 fully saturated rings. The Hall–Kier alpha value is -0.280. The van der Waals surface area contributed by atoms with Gasteiger partial charge < -0.3 is 10.6 Å². The van der Waals surface area contributed by atoms with E-state index < -0.39 is 0 Å². The zero-order valence-electron chi connectivity index (χ0n) is 10.4. The van der Waals surface area contributed by atoms with Crippen LogP contribution in [0.2, 0.25) is 0 Å². The molecule has 4 heteroatoms. The summed E-state index contributed by atoms with van der Waals surface area (Å²) >= 11 is 0. The number of rotatable bonds is 4. The molecule has 1 saturated heterocycles. The van der Waals surface area contributed by atoms with Gasteiger partial charge in [0, 0.05) is 25.6 Å². The van der Waals surface area contributed by atoms with Crippen molar-refractivity contribution in [1.82, 2.24) is 4.90 Å². The summed E-state index contributed by atoms with van der Waals surface area (Å²) in [6.07, 6.45) is 4.96. The molecule has 0 aromatic carbocycles. The van der Waals surface area contributed by atoms with Crippen LogP contribution in [-0.2, 0) is 4.79 Å². The molecule has 0 spiro atoms. The van der Waals surface area contributed by atoms with E-state index in [-0.39, 0.29) is 12.4 Å². The van der Waals surface area contributed by atoms with E-state index in [4.69, 9.17) is 5.73 Å². The summed E-state index contributed by atoms with van der Waals surface area (Å²) in [7, 11) is 0. The van der Waals surface area contributed by atoms with E-state index in [0.29, 0.717) is 24.3 Å². The molecular formula is C12H25ClN2O. The fourth-order valence-corrected chi connectivity index (χ4v) is 2.17. The standard InChI is InChI=1S/C12H24N2O.ClH/c1-3-4-10(2)9-12(15)14-7-5-11(13)6-8-14;/h10-11H,3-9,13H2,1-2H3;1H. The highest BCUT2D eigenvalue weighted by molar-refractivity contribution is 5.85. The normalized spacial score (nSPS) is 19.1. The minimum absolute atomic E-state index is 0. The lowest BCUT2D eigenvalue weighted by Crippen LogP contribution is -2.43. The SMILES string of the molecule is CCCC(C)CC(=O)N1CCC(N)CC1.Cl. The van der Waals surface area contributed by atoms with E-state index >= 15 is 0 Å². The fraction of sp³-hybridized carbons (Fsp3) is 0.917. The molecule has 0 saturated carbocycles. The van der Waals surface area contributed by atoms with Crippen molar-refractivity contribution in [3.63, 3.8) is 0 Å². The summed E-state index contributed by atoms with van der Waals surface area (Å²) in [4.78, 5) is 13.9. The van der Waals surface area contributed by atoms with E-state index in [9.17, 15) is 4.79 Å². The molecule has 1 aliphatic rings. The minimum Gasteiger partial charge on any atom is -0.343 e. The molecule has 0 aromatic heterocycles. The van der Waals surface area contributed by atoms with Gasteiger partial charge in [0.1, 0.15) is 0 Å². The van der Waals surface area contributed by atoms with Crippen LogP contribution in [0.3, 0.4) is 0 Å². The van der Waals surface area contributed by atoms with Gasteiger partial charge in [-0.1, -0.05) is 26.7 Å². The van der Waals surface area contributed by atoms with Gasteiger partial charge in [-0.2, -0.15) is 0 Å². The van der Waals surface area contributed by atoms with Crippen LogP contribution in [0.4, 0.5) is 0 Å². The first-order valence-electron chi connectivity index (χ1n) is 6.16. The largest absolute Gasteiger partial charge is 0.343 e. The third kappa shape index (κ3) is 5.17. The van der Waals surface area contributed by atoms with Gasteiger partial charge >= 0.3 is 0 Å². The van der Waals surface area contributed by atoms with Crippen LogP contribution in [0.15, 0.2) is 0 Å². The van der Waals surface area contributed by atoms with Crippen LogP contribution in [0.25, 0.3) is 0 Å². The summed E-state index contributed by atoms with van der Waals surface area (Å²) in [6.45, 7) is 6.05. The van der Waals surface area contributed by atoms with Crippen molar-refractivity contribution in [1.29, 1.82) is 0 Å². The maximum Gasteiger partial charge on any atom is 0.222 e. The van der Waals surface area contributed by atoms with E-state index in [1.165, 1.54) is 6.42 Å². The number of nitrogens with two attached hydrogens (primary N) is 1. The number of halogens is 1. The molecule has 96 valence electrons. The second kappa shape index (κ2) is 7.91. The summed E-state index contributed by atoms with van der Waals surface area (Å²) in [5.41, 5.74) is 5.81. The third-order valence-corrected chi connectivity index (χ3v) is 3.20. The van der Waals surface area contributed by atoms with Gasteiger partial charge in [0.25, 0.3) is 0 Å². The molecular weight excluding hydrogens is 224 g/mol. The van der Waals surface area contributed by atoms with Crippen molar-refractivity contribution in [2.24, 2.45) is 11.7 Å². The Morgan fingerprint density at radius 1 is 1.44 bits per heavy atom. The molecule has 1 amide bonds. The number of amides is 1. The lowest BCUT2D eigenvalue weighted by atomic mass is 10.00. The summed E-state index contributed by atoms with van der Waals surface area (Å²) in [5, 5.41) is 0. The van der Waals surface area contributed by atoms with Gasteiger partial charge in [-0.3, -0.25) is 4.79 Å². The van der Waals surface area contributed by atoms with Crippen LogP contribution in [0.1, 0.15) is 46.0 Å². The number of carbonyl (C=O) groups excluding carboxylic acids is 1. The monoisotopic (exact) mass is 248 g/mol. The average Bonchev–Trinajstić information content (AvgIpc) is 2.18. The Balaban J connectivity index is 0.00000225. The van der Waals surface area contributed by atoms with E-state index in [1.807, 2.05) is 4.90 Å². The highest BCUT2D eigenvalue weighted by Gasteiger charge is 2.21. The molecule has 0 radical (unpaired) electrons. The zero-order chi connectivity index (χ0) is 11.3. The van der Waals surface area contributed by atoms with Crippen LogP contribution in [0, 0.1) is 5.92 Å². The maximum atomic E-state index is 11.9. The molecule has 1 rings (SSSR count).